The molecule has 2 aliphatic rings. The maximum atomic E-state index is 12.0. The number of rotatable bonds is 2. The maximum Gasteiger partial charge on any atom is 0.240 e. The zero-order valence-electron chi connectivity index (χ0n) is 10.3. The largest absolute Gasteiger partial charge is 0.352 e. The molecular formula is C12H23N3O. The highest BCUT2D eigenvalue weighted by Crippen LogP contribution is 2.29. The first-order valence-corrected chi connectivity index (χ1v) is 6.31. The fraction of sp³-hybridized carbons (Fsp3) is 0.917. The molecule has 4 heteroatoms. The maximum absolute atomic E-state index is 12.0. The van der Waals surface area contributed by atoms with Gasteiger partial charge in [-0.3, -0.25) is 4.79 Å². The molecule has 2 rings (SSSR count). The number of hydrogen-bond acceptors (Lipinski definition) is 3. The number of piperidine rings is 1. The number of amides is 1. The van der Waals surface area contributed by atoms with Crippen molar-refractivity contribution in [3.05, 3.63) is 0 Å². The quantitative estimate of drug-likeness (QED) is 0.718. The lowest BCUT2D eigenvalue weighted by Crippen LogP contribution is -2.61. The second-order valence-electron chi connectivity index (χ2n) is 5.53. The number of nitrogens with zero attached hydrogens (tertiary/aromatic N) is 1. The Morgan fingerprint density at radius 1 is 1.50 bits per heavy atom. The highest BCUT2D eigenvalue weighted by molar-refractivity contribution is 5.87. The average Bonchev–Trinajstić information content (AvgIpc) is 2.20. The van der Waals surface area contributed by atoms with Crippen LogP contribution in [0, 0.1) is 0 Å². The van der Waals surface area contributed by atoms with Gasteiger partial charge >= 0.3 is 0 Å². The first-order valence-electron chi connectivity index (χ1n) is 6.31. The van der Waals surface area contributed by atoms with Crippen LogP contribution in [0.5, 0.6) is 0 Å². The van der Waals surface area contributed by atoms with E-state index in [1.807, 2.05) is 0 Å². The molecule has 4 nitrogen and oxygen atoms in total. The van der Waals surface area contributed by atoms with E-state index in [9.17, 15) is 4.79 Å². The van der Waals surface area contributed by atoms with Crippen LogP contribution in [0.3, 0.4) is 0 Å². The Morgan fingerprint density at radius 2 is 2.19 bits per heavy atom. The number of nitrogens with two attached hydrogens (primary N) is 1. The topological polar surface area (TPSA) is 58.4 Å². The van der Waals surface area contributed by atoms with Gasteiger partial charge in [-0.1, -0.05) is 0 Å². The third-order valence-electron chi connectivity index (χ3n) is 4.24. The second-order valence-corrected chi connectivity index (χ2v) is 5.53. The Kier molecular flexibility index (Phi) is 3.22. The predicted molar refractivity (Wildman–Crippen MR) is 64.0 cm³/mol. The second kappa shape index (κ2) is 4.34. The van der Waals surface area contributed by atoms with Crippen molar-refractivity contribution in [1.82, 2.24) is 10.2 Å². The van der Waals surface area contributed by atoms with Gasteiger partial charge < -0.3 is 16.0 Å². The summed E-state index contributed by atoms with van der Waals surface area (Å²) in [6, 6.07) is 0.869. The first kappa shape index (κ1) is 11.9. The standard InChI is InChI=1S/C12H23N3O/c1-9-8-10(4-7-15(9)2)14-11(16)12(13)5-3-6-12/h9-10H,3-8,13H2,1-2H3,(H,14,16). The van der Waals surface area contributed by atoms with E-state index < -0.39 is 5.54 Å². The third-order valence-corrected chi connectivity index (χ3v) is 4.24. The summed E-state index contributed by atoms with van der Waals surface area (Å²) < 4.78 is 0. The van der Waals surface area contributed by atoms with E-state index in [0.29, 0.717) is 12.1 Å². The first-order chi connectivity index (χ1) is 7.51. The molecule has 0 spiro atoms. The Bertz CT molecular complexity index is 275. The van der Waals surface area contributed by atoms with Crippen LogP contribution in [0.4, 0.5) is 0 Å². The van der Waals surface area contributed by atoms with Crippen LogP contribution in [0.2, 0.25) is 0 Å². The Morgan fingerprint density at radius 3 is 2.69 bits per heavy atom. The highest BCUT2D eigenvalue weighted by atomic mass is 16.2. The monoisotopic (exact) mass is 225 g/mol. The van der Waals surface area contributed by atoms with Gasteiger partial charge in [-0.2, -0.15) is 0 Å². The fourth-order valence-corrected chi connectivity index (χ4v) is 2.53. The molecule has 1 saturated carbocycles. The van der Waals surface area contributed by atoms with Gasteiger partial charge in [-0.15, -0.1) is 0 Å². The van der Waals surface area contributed by atoms with Crippen molar-refractivity contribution in [1.29, 1.82) is 0 Å². The molecule has 1 amide bonds. The third kappa shape index (κ3) is 2.23. The average molecular weight is 225 g/mol. The molecule has 0 aromatic heterocycles. The van der Waals surface area contributed by atoms with Crippen LogP contribution in [-0.2, 0) is 4.79 Å². The van der Waals surface area contributed by atoms with E-state index in [4.69, 9.17) is 5.73 Å². The number of carbonyl (C=O) groups is 1. The number of likely N-dealkylation sites (tertiary alicyclic amines) is 1. The zero-order valence-corrected chi connectivity index (χ0v) is 10.3. The van der Waals surface area contributed by atoms with E-state index in [1.165, 1.54) is 0 Å². The summed E-state index contributed by atoms with van der Waals surface area (Å²) in [5.74, 6) is 0.0699. The summed E-state index contributed by atoms with van der Waals surface area (Å²) in [5, 5.41) is 3.12. The molecule has 16 heavy (non-hydrogen) atoms. The minimum absolute atomic E-state index is 0.0699. The van der Waals surface area contributed by atoms with E-state index in [0.717, 1.165) is 38.6 Å². The van der Waals surface area contributed by atoms with Gasteiger partial charge in [0.2, 0.25) is 5.91 Å². The number of carbonyl (C=O) groups excluding carboxylic acids is 1. The minimum Gasteiger partial charge on any atom is -0.352 e. The summed E-state index contributed by atoms with van der Waals surface area (Å²) in [7, 11) is 2.14. The van der Waals surface area contributed by atoms with Gasteiger partial charge in [0.1, 0.15) is 0 Å². The van der Waals surface area contributed by atoms with Crippen LogP contribution in [-0.4, -0.2) is 42.0 Å². The van der Waals surface area contributed by atoms with E-state index in [1.54, 1.807) is 0 Å². The summed E-state index contributed by atoms with van der Waals surface area (Å²) in [5.41, 5.74) is 5.45. The van der Waals surface area contributed by atoms with Crippen LogP contribution in [0.15, 0.2) is 0 Å². The van der Waals surface area contributed by atoms with E-state index in [2.05, 4.69) is 24.2 Å². The van der Waals surface area contributed by atoms with Gasteiger partial charge in [0.25, 0.3) is 0 Å². The summed E-state index contributed by atoms with van der Waals surface area (Å²) in [6.07, 6.45) is 4.87. The Hall–Kier alpha value is -0.610. The molecule has 1 heterocycles. The molecule has 92 valence electrons. The van der Waals surface area contributed by atoms with E-state index >= 15 is 0 Å². The molecule has 3 N–H and O–H groups in total. The molecule has 2 unspecified atom stereocenters. The van der Waals surface area contributed by atoms with Crippen LogP contribution in [0.1, 0.15) is 39.0 Å². The van der Waals surface area contributed by atoms with Gasteiger partial charge in [0, 0.05) is 18.6 Å². The molecular weight excluding hydrogens is 202 g/mol. The SMILES string of the molecule is CC1CC(NC(=O)C2(N)CCC2)CCN1C. The van der Waals surface area contributed by atoms with Crippen LogP contribution >= 0.6 is 0 Å². The summed E-state index contributed by atoms with van der Waals surface area (Å²) >= 11 is 0. The molecule has 2 fully saturated rings. The molecule has 1 aliphatic carbocycles. The van der Waals surface area contributed by atoms with Crippen LogP contribution in [0.25, 0.3) is 0 Å². The van der Waals surface area contributed by atoms with Crippen molar-refractivity contribution >= 4 is 5.91 Å². The minimum atomic E-state index is -0.549. The lowest BCUT2D eigenvalue weighted by molar-refractivity contribution is -0.130. The lowest BCUT2D eigenvalue weighted by Gasteiger charge is -2.40. The van der Waals surface area contributed by atoms with E-state index in [-0.39, 0.29) is 5.91 Å². The molecule has 0 radical (unpaired) electrons. The van der Waals surface area contributed by atoms with Gasteiger partial charge in [-0.25, -0.2) is 0 Å². The number of nitrogens with one attached hydrogen (secondary N) is 1. The van der Waals surface area contributed by atoms with Crippen molar-refractivity contribution in [2.75, 3.05) is 13.6 Å². The van der Waals surface area contributed by atoms with Gasteiger partial charge in [0.05, 0.1) is 5.54 Å². The molecule has 1 saturated heterocycles. The van der Waals surface area contributed by atoms with Gasteiger partial charge in [-0.05, 0) is 46.1 Å². The van der Waals surface area contributed by atoms with Crippen molar-refractivity contribution in [2.45, 2.75) is 56.7 Å². The van der Waals surface area contributed by atoms with Crippen molar-refractivity contribution in [2.24, 2.45) is 5.73 Å². The Balaban J connectivity index is 1.83. The zero-order chi connectivity index (χ0) is 11.8. The van der Waals surface area contributed by atoms with Gasteiger partial charge in [0.15, 0.2) is 0 Å². The Labute approximate surface area is 97.6 Å². The normalized spacial score (nSPS) is 34.2. The fourth-order valence-electron chi connectivity index (χ4n) is 2.53. The smallest absolute Gasteiger partial charge is 0.240 e. The highest BCUT2D eigenvalue weighted by Gasteiger charge is 2.41. The number of hydrogen-bond donors (Lipinski definition) is 2. The molecule has 0 aromatic carbocycles. The van der Waals surface area contributed by atoms with Crippen molar-refractivity contribution in [3.63, 3.8) is 0 Å². The van der Waals surface area contributed by atoms with Crippen LogP contribution < -0.4 is 11.1 Å². The predicted octanol–water partition coefficient (Wildman–Crippen LogP) is 0.467. The molecule has 1 aliphatic heterocycles. The molecule has 2 atom stereocenters. The molecule has 0 bridgehead atoms. The van der Waals surface area contributed by atoms with Crippen molar-refractivity contribution in [3.8, 4) is 0 Å². The van der Waals surface area contributed by atoms with Crippen molar-refractivity contribution < 1.29 is 4.79 Å². The summed E-state index contributed by atoms with van der Waals surface area (Å²) in [4.78, 5) is 14.3. The summed E-state index contributed by atoms with van der Waals surface area (Å²) in [6.45, 7) is 3.27. The lowest BCUT2D eigenvalue weighted by atomic mass is 9.76. The molecule has 0 aromatic rings.